The predicted molar refractivity (Wildman–Crippen MR) is 66.7 cm³/mol. The van der Waals surface area contributed by atoms with E-state index in [2.05, 4.69) is 27.7 Å². The van der Waals surface area contributed by atoms with E-state index >= 15 is 0 Å². The molecule has 84 valence electrons. The fourth-order valence-corrected chi connectivity index (χ4v) is 1.97. The second kappa shape index (κ2) is 9.30. The zero-order valence-corrected chi connectivity index (χ0v) is 10.7. The van der Waals surface area contributed by atoms with Crippen molar-refractivity contribution in [2.24, 2.45) is 0 Å². The molecule has 0 N–H and O–H groups in total. The molecule has 0 bridgehead atoms. The molecule has 0 radical (unpaired) electrons. The van der Waals surface area contributed by atoms with Gasteiger partial charge in [0.2, 0.25) is 0 Å². The molecule has 0 aliphatic heterocycles. The lowest BCUT2D eigenvalue weighted by Gasteiger charge is -2.10. The van der Waals surface area contributed by atoms with Gasteiger partial charge in [0.25, 0.3) is 0 Å². The average Bonchev–Trinajstić information content (AvgIpc) is 2.18. The Morgan fingerprint density at radius 1 is 0.714 bits per heavy atom. The molecule has 0 heteroatoms. The van der Waals surface area contributed by atoms with Crippen LogP contribution in [0.1, 0.15) is 79.1 Å². The van der Waals surface area contributed by atoms with Crippen molar-refractivity contribution in [1.82, 2.24) is 0 Å². The molecular weight excluding hydrogens is 168 g/mol. The molecule has 0 nitrogen and oxygen atoms in total. The van der Waals surface area contributed by atoms with E-state index in [0.29, 0.717) is 0 Å². The molecule has 0 heterocycles. The number of rotatable bonds is 8. The summed E-state index contributed by atoms with van der Waals surface area (Å²) < 4.78 is 0. The van der Waals surface area contributed by atoms with Crippen LogP contribution in [0, 0.1) is 0 Å². The highest BCUT2D eigenvalue weighted by Crippen LogP contribution is 2.21. The van der Waals surface area contributed by atoms with Crippen molar-refractivity contribution < 1.29 is 0 Å². The molecule has 0 aromatic carbocycles. The molecule has 0 saturated carbocycles. The number of allylic oxidation sites excluding steroid dienone is 2. The van der Waals surface area contributed by atoms with Gasteiger partial charge in [0.05, 0.1) is 0 Å². The minimum absolute atomic E-state index is 1.31. The van der Waals surface area contributed by atoms with Crippen molar-refractivity contribution in [1.29, 1.82) is 0 Å². The monoisotopic (exact) mass is 196 g/mol. The first kappa shape index (κ1) is 13.7. The van der Waals surface area contributed by atoms with Gasteiger partial charge in [-0.05, 0) is 32.6 Å². The van der Waals surface area contributed by atoms with Gasteiger partial charge >= 0.3 is 0 Å². The topological polar surface area (TPSA) is 0 Å². The fourth-order valence-electron chi connectivity index (χ4n) is 1.97. The van der Waals surface area contributed by atoms with Crippen molar-refractivity contribution in [3.63, 3.8) is 0 Å². The van der Waals surface area contributed by atoms with Crippen molar-refractivity contribution in [2.45, 2.75) is 79.1 Å². The lowest BCUT2D eigenvalue weighted by molar-refractivity contribution is 0.694. The van der Waals surface area contributed by atoms with E-state index < -0.39 is 0 Å². The van der Waals surface area contributed by atoms with Crippen LogP contribution in [0.2, 0.25) is 0 Å². The molecule has 0 aromatic rings. The Hall–Kier alpha value is -0.260. The van der Waals surface area contributed by atoms with E-state index in [1.54, 1.807) is 11.1 Å². The summed E-state index contributed by atoms with van der Waals surface area (Å²) in [5, 5.41) is 0. The molecule has 0 unspecified atom stereocenters. The molecule has 14 heavy (non-hydrogen) atoms. The second-order valence-corrected chi connectivity index (χ2v) is 4.34. The van der Waals surface area contributed by atoms with E-state index in [9.17, 15) is 0 Å². The van der Waals surface area contributed by atoms with Gasteiger partial charge < -0.3 is 0 Å². The fraction of sp³-hybridized carbons (Fsp3) is 0.857. The smallest absolute Gasteiger partial charge is 0.0320 e. The Bertz CT molecular complexity index is 145. The maximum absolute atomic E-state index is 2.34. The Morgan fingerprint density at radius 2 is 1.29 bits per heavy atom. The minimum Gasteiger partial charge on any atom is -0.0741 e. The highest BCUT2D eigenvalue weighted by atomic mass is 14.1. The standard InChI is InChI=1S/C14H28/c1-5-8-9-12-13(4)14(10-6-2)11-7-3/h5-12H2,1-4H3. The molecule has 0 rings (SSSR count). The normalized spacial score (nSPS) is 10.3. The predicted octanol–water partition coefficient (Wildman–Crippen LogP) is 5.48. The number of hydrogen-bond donors (Lipinski definition) is 0. The average molecular weight is 196 g/mol. The molecule has 0 atom stereocenters. The van der Waals surface area contributed by atoms with Crippen LogP contribution in [0.4, 0.5) is 0 Å². The van der Waals surface area contributed by atoms with Gasteiger partial charge in [-0.2, -0.15) is 0 Å². The molecule has 0 fully saturated rings. The van der Waals surface area contributed by atoms with Crippen molar-refractivity contribution in [3.05, 3.63) is 11.1 Å². The zero-order valence-electron chi connectivity index (χ0n) is 10.7. The summed E-state index contributed by atoms with van der Waals surface area (Å²) in [5.41, 5.74) is 3.42. The largest absolute Gasteiger partial charge is 0.0741 e. The van der Waals surface area contributed by atoms with Gasteiger partial charge in [-0.15, -0.1) is 0 Å². The molecule has 0 saturated heterocycles. The van der Waals surface area contributed by atoms with Gasteiger partial charge in [0, 0.05) is 0 Å². The second-order valence-electron chi connectivity index (χ2n) is 4.34. The number of hydrogen-bond acceptors (Lipinski definition) is 0. The number of unbranched alkanes of at least 4 members (excludes halogenated alkanes) is 2. The van der Waals surface area contributed by atoms with E-state index in [0.717, 1.165) is 0 Å². The zero-order chi connectivity index (χ0) is 10.8. The summed E-state index contributed by atoms with van der Waals surface area (Å²) >= 11 is 0. The lowest BCUT2D eigenvalue weighted by Crippen LogP contribution is -1.90. The molecule has 0 aliphatic rings. The van der Waals surface area contributed by atoms with Crippen LogP contribution >= 0.6 is 0 Å². The van der Waals surface area contributed by atoms with E-state index in [-0.39, 0.29) is 0 Å². The molecule has 0 amide bonds. The molecular formula is C14H28. The van der Waals surface area contributed by atoms with Gasteiger partial charge in [0.1, 0.15) is 0 Å². The maximum atomic E-state index is 2.34. The lowest BCUT2D eigenvalue weighted by atomic mass is 9.96. The summed E-state index contributed by atoms with van der Waals surface area (Å²) in [6.07, 6.45) is 10.7. The first-order valence-corrected chi connectivity index (χ1v) is 6.43. The Balaban J connectivity index is 4.01. The van der Waals surface area contributed by atoms with E-state index in [4.69, 9.17) is 0 Å². The van der Waals surface area contributed by atoms with Crippen LogP contribution in [-0.4, -0.2) is 0 Å². The summed E-state index contributed by atoms with van der Waals surface area (Å²) in [6, 6.07) is 0. The van der Waals surface area contributed by atoms with Crippen molar-refractivity contribution in [2.75, 3.05) is 0 Å². The Morgan fingerprint density at radius 3 is 1.71 bits per heavy atom. The maximum Gasteiger partial charge on any atom is -0.0320 e. The first-order chi connectivity index (χ1) is 6.76. The van der Waals surface area contributed by atoms with Gasteiger partial charge in [-0.1, -0.05) is 57.6 Å². The quantitative estimate of drug-likeness (QED) is 0.356. The highest BCUT2D eigenvalue weighted by Gasteiger charge is 2.00. The summed E-state index contributed by atoms with van der Waals surface area (Å²) in [7, 11) is 0. The minimum atomic E-state index is 1.31. The molecule has 0 aliphatic carbocycles. The third-order valence-electron chi connectivity index (χ3n) is 2.86. The summed E-state index contributed by atoms with van der Waals surface area (Å²) in [6.45, 7) is 9.19. The highest BCUT2D eigenvalue weighted by molar-refractivity contribution is 5.11. The van der Waals surface area contributed by atoms with E-state index in [1.165, 1.54) is 51.4 Å². The SMILES string of the molecule is CCCCCC(C)=C(CCC)CCC. The van der Waals surface area contributed by atoms with Crippen molar-refractivity contribution >= 4 is 0 Å². The van der Waals surface area contributed by atoms with Crippen LogP contribution in [0.25, 0.3) is 0 Å². The Labute approximate surface area is 90.8 Å². The van der Waals surface area contributed by atoms with Crippen LogP contribution in [0.3, 0.4) is 0 Å². The van der Waals surface area contributed by atoms with Crippen molar-refractivity contribution in [3.8, 4) is 0 Å². The molecule has 0 aromatic heterocycles. The summed E-state index contributed by atoms with van der Waals surface area (Å²) in [5.74, 6) is 0. The van der Waals surface area contributed by atoms with Crippen LogP contribution < -0.4 is 0 Å². The third-order valence-corrected chi connectivity index (χ3v) is 2.86. The van der Waals surface area contributed by atoms with Gasteiger partial charge in [-0.25, -0.2) is 0 Å². The first-order valence-electron chi connectivity index (χ1n) is 6.43. The van der Waals surface area contributed by atoms with Gasteiger partial charge in [0.15, 0.2) is 0 Å². The van der Waals surface area contributed by atoms with Crippen LogP contribution in [-0.2, 0) is 0 Å². The van der Waals surface area contributed by atoms with E-state index in [1.807, 2.05) is 0 Å². The van der Waals surface area contributed by atoms with Crippen LogP contribution in [0.15, 0.2) is 11.1 Å². The third kappa shape index (κ3) is 6.23. The summed E-state index contributed by atoms with van der Waals surface area (Å²) in [4.78, 5) is 0. The van der Waals surface area contributed by atoms with Crippen LogP contribution in [0.5, 0.6) is 0 Å². The molecule has 0 spiro atoms. The Kier molecular flexibility index (Phi) is 9.13. The van der Waals surface area contributed by atoms with Gasteiger partial charge in [-0.3, -0.25) is 0 Å².